The molecule has 0 bridgehead atoms. The lowest BCUT2D eigenvalue weighted by Gasteiger charge is -2.46. The molecule has 0 radical (unpaired) electrons. The fourth-order valence-electron chi connectivity index (χ4n) is 2.98. The molecule has 0 aromatic carbocycles. The lowest BCUT2D eigenvalue weighted by molar-refractivity contribution is -0.353. The minimum atomic E-state index is -5.61. The zero-order valence-electron chi connectivity index (χ0n) is 15.4. The minimum Gasteiger partial charge on any atom is -0.394 e. The molecule has 184 valence electrons. The molecule has 10 N–H and O–H groups in total. The summed E-state index contributed by atoms with van der Waals surface area (Å²) in [6.45, 7) is -1.78. The lowest BCUT2D eigenvalue weighted by atomic mass is 9.97. The van der Waals surface area contributed by atoms with Gasteiger partial charge in [-0.05, 0) is 0 Å². The first-order valence-electron chi connectivity index (χ1n) is 8.57. The van der Waals surface area contributed by atoms with Gasteiger partial charge in [0.15, 0.2) is 12.6 Å². The van der Waals surface area contributed by atoms with Crippen molar-refractivity contribution in [2.45, 2.75) is 61.4 Å². The first-order valence-corrected chi connectivity index (χ1v) is 11.6. The molecule has 17 nitrogen and oxygen atoms in total. The highest BCUT2D eigenvalue weighted by atomic mass is 31.3. The predicted molar refractivity (Wildman–Crippen MR) is 90.4 cm³/mol. The minimum absolute atomic E-state index is 0.877. The van der Waals surface area contributed by atoms with Crippen LogP contribution in [0.2, 0.25) is 0 Å². The number of rotatable bonds is 8. The number of ether oxygens (including phenoxy) is 3. The van der Waals surface area contributed by atoms with Gasteiger partial charge in [-0.25, -0.2) is 9.13 Å². The molecule has 0 aromatic heterocycles. The molecule has 2 fully saturated rings. The molecule has 0 amide bonds. The van der Waals surface area contributed by atoms with Crippen LogP contribution in [0, 0.1) is 0 Å². The molecule has 0 aromatic rings. The molecule has 2 aliphatic heterocycles. The van der Waals surface area contributed by atoms with Crippen LogP contribution < -0.4 is 0 Å². The average molecular weight is 502 g/mol. The highest BCUT2D eigenvalue weighted by molar-refractivity contribution is 7.60. The standard InChI is InChI=1S/C12H24O17P2/c13-1-3-5(15)6(16)10(28-31(23,24)29-30(20,21)22)12(26-3)27-9-4(2-14)25-11(19)8(18)7(9)17/h3-19H,1-2H2,(H,23,24)(H2,20,21,22)/t3-,4-,5+,6+,7-,8-,9-,10-,11-,12+/m1/s1. The van der Waals surface area contributed by atoms with Crippen LogP contribution in [0.1, 0.15) is 0 Å². The monoisotopic (exact) mass is 502 g/mol. The van der Waals surface area contributed by atoms with Crippen molar-refractivity contribution in [1.82, 2.24) is 0 Å². The third kappa shape index (κ3) is 6.69. The molecule has 2 aliphatic rings. The first-order chi connectivity index (χ1) is 14.2. The highest BCUT2D eigenvalue weighted by Crippen LogP contribution is 2.59. The van der Waals surface area contributed by atoms with Gasteiger partial charge in [0.2, 0.25) is 0 Å². The van der Waals surface area contributed by atoms with Gasteiger partial charge in [0, 0.05) is 0 Å². The Labute approximate surface area is 173 Å². The molecule has 0 spiro atoms. The van der Waals surface area contributed by atoms with Gasteiger partial charge in [0.05, 0.1) is 13.2 Å². The fourth-order valence-corrected chi connectivity index (χ4v) is 4.74. The van der Waals surface area contributed by atoms with E-state index < -0.39 is 90.3 Å². The third-order valence-electron chi connectivity index (χ3n) is 4.42. The molecule has 11 atom stereocenters. The summed E-state index contributed by atoms with van der Waals surface area (Å²) in [5.41, 5.74) is 0. The fraction of sp³-hybridized carbons (Fsp3) is 1.00. The molecule has 1 unspecified atom stereocenters. The maximum atomic E-state index is 11.9. The Morgan fingerprint density at radius 3 is 1.81 bits per heavy atom. The molecule has 0 saturated carbocycles. The van der Waals surface area contributed by atoms with Gasteiger partial charge in [0.25, 0.3) is 0 Å². The van der Waals surface area contributed by atoms with E-state index in [1.165, 1.54) is 0 Å². The average Bonchev–Trinajstić information content (AvgIpc) is 2.65. The van der Waals surface area contributed by atoms with Gasteiger partial charge in [-0.15, -0.1) is 0 Å². The number of hydrogen-bond acceptors (Lipinski definition) is 14. The summed E-state index contributed by atoms with van der Waals surface area (Å²) in [6.07, 6.45) is -19.0. The predicted octanol–water partition coefficient (Wildman–Crippen LogP) is -5.16. The van der Waals surface area contributed by atoms with Crippen molar-refractivity contribution in [3.05, 3.63) is 0 Å². The summed E-state index contributed by atoms with van der Waals surface area (Å²) in [4.78, 5) is 27.0. The van der Waals surface area contributed by atoms with Gasteiger partial charge in [-0.3, -0.25) is 4.52 Å². The molecule has 19 heteroatoms. The van der Waals surface area contributed by atoms with Gasteiger partial charge >= 0.3 is 15.6 Å². The highest BCUT2D eigenvalue weighted by Gasteiger charge is 2.53. The smallest absolute Gasteiger partial charge is 0.394 e. The quantitative estimate of drug-likeness (QED) is 0.139. The van der Waals surface area contributed by atoms with E-state index in [0.29, 0.717) is 0 Å². The van der Waals surface area contributed by atoms with Crippen molar-refractivity contribution < 1.29 is 82.6 Å². The molecule has 2 heterocycles. The number of phosphoric ester groups is 1. The van der Waals surface area contributed by atoms with Crippen LogP contribution in [0.5, 0.6) is 0 Å². The summed E-state index contributed by atoms with van der Waals surface area (Å²) < 4.78 is 46.1. The van der Waals surface area contributed by atoms with Gasteiger partial charge in [-0.1, -0.05) is 0 Å². The number of aliphatic hydroxyl groups is 7. The summed E-state index contributed by atoms with van der Waals surface area (Å²) in [7, 11) is -11.2. The normalized spacial score (nSPS) is 44.1. The molecule has 0 aliphatic carbocycles. The van der Waals surface area contributed by atoms with Crippen LogP contribution in [-0.4, -0.2) is 125 Å². The second-order valence-electron chi connectivity index (χ2n) is 6.65. The lowest BCUT2D eigenvalue weighted by Crippen LogP contribution is -2.64. The van der Waals surface area contributed by atoms with Crippen LogP contribution in [0.4, 0.5) is 0 Å². The van der Waals surface area contributed by atoms with Crippen LogP contribution in [0.25, 0.3) is 0 Å². The van der Waals surface area contributed by atoms with Gasteiger partial charge < -0.3 is 64.6 Å². The summed E-state index contributed by atoms with van der Waals surface area (Å²) in [6, 6.07) is 0. The SMILES string of the molecule is O=P(O)(O)OP(=O)(O)O[C@H]1[C@H](O[C@H]2[C@H](O)[C@@H](O)[C@H](O)O[C@@H]2CO)O[C@H](CO)[C@H](O)[C@@H]1O. The van der Waals surface area contributed by atoms with Gasteiger partial charge in [-0.2, -0.15) is 4.31 Å². The molecule has 2 rings (SSSR count). The van der Waals surface area contributed by atoms with Crippen molar-refractivity contribution in [2.24, 2.45) is 0 Å². The first kappa shape index (κ1) is 27.1. The van der Waals surface area contributed by atoms with E-state index >= 15 is 0 Å². The van der Waals surface area contributed by atoms with E-state index in [1.807, 2.05) is 0 Å². The summed E-state index contributed by atoms with van der Waals surface area (Å²) >= 11 is 0. The Hall–Kier alpha value is -0.140. The van der Waals surface area contributed by atoms with Crippen molar-refractivity contribution in [1.29, 1.82) is 0 Å². The van der Waals surface area contributed by atoms with E-state index in [-0.39, 0.29) is 0 Å². The summed E-state index contributed by atoms with van der Waals surface area (Å²) in [5.74, 6) is 0. The summed E-state index contributed by atoms with van der Waals surface area (Å²) in [5, 5.41) is 68.3. The Kier molecular flexibility index (Phi) is 9.11. The van der Waals surface area contributed by atoms with E-state index in [4.69, 9.17) is 24.0 Å². The topological polar surface area (TPSA) is 283 Å². The maximum absolute atomic E-state index is 11.9. The molecular formula is C12H24O17P2. The largest absolute Gasteiger partial charge is 0.481 e. The number of hydrogen-bond donors (Lipinski definition) is 10. The third-order valence-corrected chi connectivity index (χ3v) is 6.61. The van der Waals surface area contributed by atoms with Crippen molar-refractivity contribution in [3.8, 4) is 0 Å². The number of aliphatic hydroxyl groups excluding tert-OH is 7. The Bertz CT molecular complexity index is 684. The van der Waals surface area contributed by atoms with Crippen molar-refractivity contribution in [3.63, 3.8) is 0 Å². The van der Waals surface area contributed by atoms with Crippen LogP contribution in [0.3, 0.4) is 0 Å². The molecular weight excluding hydrogens is 478 g/mol. The maximum Gasteiger partial charge on any atom is 0.481 e. The van der Waals surface area contributed by atoms with Crippen LogP contribution in [-0.2, 0) is 32.2 Å². The zero-order valence-corrected chi connectivity index (χ0v) is 17.2. The number of phosphoric acid groups is 2. The van der Waals surface area contributed by atoms with Crippen LogP contribution >= 0.6 is 15.6 Å². The zero-order chi connectivity index (χ0) is 23.7. The van der Waals surface area contributed by atoms with Crippen molar-refractivity contribution in [2.75, 3.05) is 13.2 Å². The van der Waals surface area contributed by atoms with E-state index in [2.05, 4.69) is 8.83 Å². The molecule has 2 saturated heterocycles. The van der Waals surface area contributed by atoms with E-state index in [1.54, 1.807) is 0 Å². The van der Waals surface area contributed by atoms with Crippen LogP contribution in [0.15, 0.2) is 0 Å². The van der Waals surface area contributed by atoms with Gasteiger partial charge in [0.1, 0.15) is 48.8 Å². The van der Waals surface area contributed by atoms with Crippen molar-refractivity contribution >= 4 is 15.6 Å². The van der Waals surface area contributed by atoms with E-state index in [0.717, 1.165) is 0 Å². The second-order valence-corrected chi connectivity index (χ2v) is 9.43. The van der Waals surface area contributed by atoms with E-state index in [9.17, 15) is 49.8 Å². The molecule has 31 heavy (non-hydrogen) atoms. The Morgan fingerprint density at radius 1 is 0.742 bits per heavy atom. The Balaban J connectivity index is 2.30. The Morgan fingerprint density at radius 2 is 1.29 bits per heavy atom. The second kappa shape index (κ2) is 10.4.